The molecule has 0 aromatic heterocycles. The Hall–Kier alpha value is -0.510. The highest BCUT2D eigenvalue weighted by atomic mass is 31.0. The molecule has 1 aliphatic carbocycles. The molecule has 23 heavy (non-hydrogen) atoms. The van der Waals surface area contributed by atoms with Gasteiger partial charge in [-0.3, -0.25) is 0 Å². The Balaban J connectivity index is 1.82. The van der Waals surface area contributed by atoms with Crippen molar-refractivity contribution in [1.82, 2.24) is 0 Å². The molecule has 1 aromatic rings. The molecule has 1 aliphatic rings. The van der Waals surface area contributed by atoms with E-state index in [1.165, 1.54) is 5.56 Å². The van der Waals surface area contributed by atoms with Crippen LogP contribution in [0.4, 0.5) is 0 Å². The third kappa shape index (κ3) is 5.51. The zero-order valence-corrected chi connectivity index (χ0v) is 14.7. The Labute approximate surface area is 141 Å². The maximum atomic E-state index is 10.2. The van der Waals surface area contributed by atoms with Gasteiger partial charge >= 0.3 is 0 Å². The molecule has 1 aromatic carbocycles. The summed E-state index contributed by atoms with van der Waals surface area (Å²) in [6, 6.07) is 10.3. The van der Waals surface area contributed by atoms with Crippen LogP contribution < -0.4 is 0 Å². The van der Waals surface area contributed by atoms with Crippen molar-refractivity contribution in [3.63, 3.8) is 0 Å². The predicted octanol–water partition coefficient (Wildman–Crippen LogP) is 2.32. The molecule has 130 valence electrons. The molecule has 0 heterocycles. The molecule has 0 radical (unpaired) electrons. The fourth-order valence-electron chi connectivity index (χ4n) is 3.76. The van der Waals surface area contributed by atoms with Crippen LogP contribution in [0, 0.1) is 11.8 Å². The Morgan fingerprint density at radius 2 is 1.70 bits per heavy atom. The van der Waals surface area contributed by atoms with Crippen molar-refractivity contribution in [2.45, 2.75) is 56.8 Å². The van der Waals surface area contributed by atoms with Crippen molar-refractivity contribution in [3.8, 4) is 0 Å². The van der Waals surface area contributed by atoms with Gasteiger partial charge in [0.25, 0.3) is 0 Å². The van der Waals surface area contributed by atoms with Crippen molar-refractivity contribution in [1.29, 1.82) is 0 Å². The van der Waals surface area contributed by atoms with E-state index in [4.69, 9.17) is 9.63 Å². The van der Waals surface area contributed by atoms with Crippen molar-refractivity contribution in [2.75, 3.05) is 6.61 Å². The average molecular weight is 340 g/mol. The summed E-state index contributed by atoms with van der Waals surface area (Å²) in [4.78, 5) is 0. The highest BCUT2D eigenvalue weighted by Crippen LogP contribution is 2.38. The van der Waals surface area contributed by atoms with Crippen LogP contribution in [0.15, 0.2) is 30.3 Å². The summed E-state index contributed by atoms with van der Waals surface area (Å²) in [6.45, 7) is 0.0580. The molecule has 4 nitrogen and oxygen atoms in total. The first kappa shape index (κ1) is 18.8. The first-order valence-corrected chi connectivity index (χ1v) is 8.99. The van der Waals surface area contributed by atoms with Crippen LogP contribution in [0.2, 0.25) is 0 Å². The van der Waals surface area contributed by atoms with Gasteiger partial charge in [-0.15, -0.1) is 0 Å². The number of rotatable bonds is 9. The number of aliphatic hydroxyl groups is 3. The molecule has 0 bridgehead atoms. The van der Waals surface area contributed by atoms with E-state index in [1.54, 1.807) is 0 Å². The summed E-state index contributed by atoms with van der Waals surface area (Å²) in [5.41, 5.74) is 1.30. The van der Waals surface area contributed by atoms with E-state index >= 15 is 0 Å². The Kier molecular flexibility index (Phi) is 7.94. The van der Waals surface area contributed by atoms with E-state index in [0.717, 1.165) is 25.7 Å². The number of hydrogen-bond donors (Lipinski definition) is 3. The third-order valence-electron chi connectivity index (χ3n) is 5.10. The lowest BCUT2D eigenvalue weighted by Crippen LogP contribution is -2.25. The topological polar surface area (TPSA) is 69.9 Å². The highest BCUT2D eigenvalue weighted by Gasteiger charge is 2.40. The van der Waals surface area contributed by atoms with Crippen LogP contribution in [0.1, 0.15) is 37.7 Å². The van der Waals surface area contributed by atoms with Gasteiger partial charge in [0.2, 0.25) is 0 Å². The van der Waals surface area contributed by atoms with Crippen LogP contribution in [-0.4, -0.2) is 40.2 Å². The van der Waals surface area contributed by atoms with Gasteiger partial charge in [0.15, 0.2) is 0 Å². The second-order valence-electron chi connectivity index (χ2n) is 6.57. The Morgan fingerprint density at radius 3 is 2.30 bits per heavy atom. The van der Waals surface area contributed by atoms with Gasteiger partial charge in [0.05, 0.1) is 18.3 Å². The van der Waals surface area contributed by atoms with Crippen molar-refractivity contribution >= 4 is 9.47 Å². The van der Waals surface area contributed by atoms with Crippen LogP contribution in [0.3, 0.4) is 0 Å². The average Bonchev–Trinajstić information content (AvgIpc) is 2.83. The lowest BCUT2D eigenvalue weighted by molar-refractivity contribution is 0.0795. The van der Waals surface area contributed by atoms with Crippen LogP contribution in [-0.2, 0) is 10.9 Å². The standard InChI is InChI=1S/C18H29O4P/c19-11-10-16-15(17(20)12-18(16)21)9-8-14(22-23)7-6-13-4-2-1-3-5-13/h1-5,14-21H,6-12,23H2/t14-,15+,16+,17+,18-/m0/s1. The lowest BCUT2D eigenvalue weighted by atomic mass is 9.86. The summed E-state index contributed by atoms with van der Waals surface area (Å²) >= 11 is 0. The van der Waals surface area contributed by atoms with Gasteiger partial charge in [-0.1, -0.05) is 30.3 Å². The molecule has 0 aliphatic heterocycles. The Morgan fingerprint density at radius 1 is 1.04 bits per heavy atom. The molecular formula is C18H29O4P. The summed E-state index contributed by atoms with van der Waals surface area (Å²) in [7, 11) is 2.35. The molecule has 1 unspecified atom stereocenters. The molecular weight excluding hydrogens is 311 g/mol. The fraction of sp³-hybridized carbons (Fsp3) is 0.667. The molecule has 1 saturated carbocycles. The largest absolute Gasteiger partial charge is 0.396 e. The second kappa shape index (κ2) is 9.71. The SMILES string of the molecule is OCC[C@@H]1[C@@H](CC[C@H](CCc2ccccc2)OP)[C@H](O)C[C@@H]1O. The molecule has 2 rings (SSSR count). The fourth-order valence-corrected chi connectivity index (χ4v) is 4.03. The van der Waals surface area contributed by atoms with E-state index < -0.39 is 12.2 Å². The van der Waals surface area contributed by atoms with Crippen LogP contribution >= 0.6 is 9.47 Å². The number of hydrogen-bond acceptors (Lipinski definition) is 4. The molecule has 5 heteroatoms. The van der Waals surface area contributed by atoms with E-state index in [9.17, 15) is 10.2 Å². The summed E-state index contributed by atoms with van der Waals surface area (Å²) in [5.74, 6) is 0.0470. The minimum Gasteiger partial charge on any atom is -0.396 e. The first-order valence-electron chi connectivity index (χ1n) is 8.52. The zero-order valence-electron chi connectivity index (χ0n) is 13.6. The maximum absolute atomic E-state index is 10.2. The van der Waals surface area contributed by atoms with Gasteiger partial charge < -0.3 is 19.8 Å². The van der Waals surface area contributed by atoms with Gasteiger partial charge in [0, 0.05) is 16.1 Å². The van der Waals surface area contributed by atoms with E-state index in [0.29, 0.717) is 12.8 Å². The number of aliphatic hydroxyl groups excluding tert-OH is 3. The van der Waals surface area contributed by atoms with Gasteiger partial charge in [-0.25, -0.2) is 0 Å². The van der Waals surface area contributed by atoms with Crippen molar-refractivity contribution in [3.05, 3.63) is 35.9 Å². The minimum absolute atomic E-state index is 0.00529. The van der Waals surface area contributed by atoms with E-state index in [2.05, 4.69) is 21.6 Å². The van der Waals surface area contributed by atoms with Gasteiger partial charge in [-0.05, 0) is 55.9 Å². The summed E-state index contributed by atoms with van der Waals surface area (Å²) in [6.07, 6.45) is 3.70. The molecule has 1 fully saturated rings. The van der Waals surface area contributed by atoms with Gasteiger partial charge in [0.1, 0.15) is 0 Å². The quantitative estimate of drug-likeness (QED) is 0.604. The lowest BCUT2D eigenvalue weighted by Gasteiger charge is -2.25. The third-order valence-corrected chi connectivity index (χ3v) is 5.48. The summed E-state index contributed by atoms with van der Waals surface area (Å²) < 4.78 is 5.51. The monoisotopic (exact) mass is 340 g/mol. The Bertz CT molecular complexity index is 442. The normalized spacial score (nSPS) is 28.9. The smallest absolute Gasteiger partial charge is 0.0614 e. The number of aryl methyl sites for hydroxylation is 1. The van der Waals surface area contributed by atoms with E-state index in [1.807, 2.05) is 18.2 Å². The molecule has 0 spiro atoms. The number of benzene rings is 1. The summed E-state index contributed by atoms with van der Waals surface area (Å²) in [5, 5.41) is 29.4. The second-order valence-corrected chi connectivity index (χ2v) is 6.84. The zero-order chi connectivity index (χ0) is 16.7. The molecule has 0 saturated heterocycles. The van der Waals surface area contributed by atoms with Crippen LogP contribution in [0.5, 0.6) is 0 Å². The van der Waals surface area contributed by atoms with Crippen molar-refractivity contribution in [2.24, 2.45) is 11.8 Å². The molecule has 3 N–H and O–H groups in total. The van der Waals surface area contributed by atoms with Crippen LogP contribution in [0.25, 0.3) is 0 Å². The maximum Gasteiger partial charge on any atom is 0.0614 e. The molecule has 0 amide bonds. The van der Waals surface area contributed by atoms with E-state index in [-0.39, 0.29) is 24.5 Å². The first-order chi connectivity index (χ1) is 11.2. The minimum atomic E-state index is -0.498. The highest BCUT2D eigenvalue weighted by molar-refractivity contribution is 7.09. The van der Waals surface area contributed by atoms with Gasteiger partial charge in [-0.2, -0.15) is 0 Å². The molecule has 6 atom stereocenters. The van der Waals surface area contributed by atoms with Crippen molar-refractivity contribution < 1.29 is 19.8 Å². The predicted molar refractivity (Wildman–Crippen MR) is 93.9 cm³/mol.